The number of benzene rings is 1. The molecule has 2 amide bonds. The van der Waals surface area contributed by atoms with Crippen molar-refractivity contribution < 1.29 is 18.9 Å². The lowest BCUT2D eigenvalue weighted by molar-refractivity contribution is -0.402. The first-order valence-corrected chi connectivity index (χ1v) is 7.41. The summed E-state index contributed by atoms with van der Waals surface area (Å²) in [4.78, 5) is 35.6. The van der Waals surface area contributed by atoms with Gasteiger partial charge in [-0.1, -0.05) is 24.3 Å². The van der Waals surface area contributed by atoms with E-state index in [1.807, 2.05) is 24.3 Å². The molecule has 2 heterocycles. The number of carbonyl (C=O) groups is 2. The zero-order chi connectivity index (χ0) is 17.1. The fourth-order valence-electron chi connectivity index (χ4n) is 2.61. The summed E-state index contributed by atoms with van der Waals surface area (Å²) in [6, 6.07) is 10.2. The Morgan fingerprint density at radius 1 is 1.21 bits per heavy atom. The highest BCUT2D eigenvalue weighted by Crippen LogP contribution is 2.18. The number of nitrogens with zero attached hydrogens (tertiary/aromatic N) is 2. The average Bonchev–Trinajstić information content (AvgIpc) is 3.09. The normalized spacial score (nSPS) is 13.2. The molecule has 1 aliphatic heterocycles. The molecule has 0 saturated carbocycles. The molecule has 0 fully saturated rings. The van der Waals surface area contributed by atoms with Crippen molar-refractivity contribution in [3.8, 4) is 0 Å². The fraction of sp³-hybridized carbons (Fsp3) is 0.250. The van der Waals surface area contributed by atoms with Crippen molar-refractivity contribution in [3.63, 3.8) is 0 Å². The van der Waals surface area contributed by atoms with Crippen LogP contribution < -0.4 is 5.32 Å². The minimum Gasteiger partial charge on any atom is -0.395 e. The molecule has 0 unspecified atom stereocenters. The molecule has 1 N–H and O–H groups in total. The lowest BCUT2D eigenvalue weighted by Gasteiger charge is -2.28. The molecule has 0 bridgehead atoms. The van der Waals surface area contributed by atoms with Crippen molar-refractivity contribution in [2.75, 3.05) is 13.1 Å². The van der Waals surface area contributed by atoms with Gasteiger partial charge in [-0.3, -0.25) is 19.7 Å². The lowest BCUT2D eigenvalue weighted by Crippen LogP contribution is -2.42. The number of nitrogens with one attached hydrogen (secondary N) is 1. The fourth-order valence-corrected chi connectivity index (χ4v) is 2.61. The van der Waals surface area contributed by atoms with Gasteiger partial charge in [0.1, 0.15) is 4.92 Å². The van der Waals surface area contributed by atoms with E-state index in [2.05, 4.69) is 5.32 Å². The van der Waals surface area contributed by atoms with E-state index in [1.165, 1.54) is 11.6 Å². The summed E-state index contributed by atoms with van der Waals surface area (Å²) in [6.07, 6.45) is 0.778. The van der Waals surface area contributed by atoms with Crippen molar-refractivity contribution in [2.24, 2.45) is 0 Å². The Balaban J connectivity index is 1.56. The van der Waals surface area contributed by atoms with Crippen LogP contribution in [0.15, 0.2) is 40.8 Å². The first-order chi connectivity index (χ1) is 11.5. The van der Waals surface area contributed by atoms with Crippen molar-refractivity contribution in [1.29, 1.82) is 0 Å². The maximum atomic E-state index is 12.2. The molecule has 8 nitrogen and oxygen atoms in total. The second-order valence-corrected chi connectivity index (χ2v) is 5.41. The van der Waals surface area contributed by atoms with Crippen molar-refractivity contribution in [1.82, 2.24) is 10.2 Å². The molecule has 0 aliphatic carbocycles. The van der Waals surface area contributed by atoms with Crippen LogP contribution in [-0.2, 0) is 17.8 Å². The molecule has 1 aromatic carbocycles. The van der Waals surface area contributed by atoms with Gasteiger partial charge in [0, 0.05) is 13.1 Å². The molecule has 0 atom stereocenters. The Morgan fingerprint density at radius 2 is 1.96 bits per heavy atom. The number of nitro groups is 1. The van der Waals surface area contributed by atoms with Gasteiger partial charge in [-0.15, -0.1) is 0 Å². The monoisotopic (exact) mass is 329 g/mol. The number of fused-ring (bicyclic) bond motifs is 1. The summed E-state index contributed by atoms with van der Waals surface area (Å²) in [5, 5.41) is 13.0. The summed E-state index contributed by atoms with van der Waals surface area (Å²) in [5.74, 6) is -1.58. The SMILES string of the molecule is O=C(NCC(=O)N1CCc2ccccc2C1)c1ccc([N+](=O)[O-])o1. The maximum Gasteiger partial charge on any atom is 0.433 e. The van der Waals surface area contributed by atoms with E-state index in [-0.39, 0.29) is 18.2 Å². The Morgan fingerprint density at radius 3 is 2.67 bits per heavy atom. The van der Waals surface area contributed by atoms with Gasteiger partial charge in [-0.25, -0.2) is 0 Å². The Bertz CT molecular complexity index is 799. The molecule has 0 saturated heterocycles. The minimum atomic E-state index is -0.729. The second-order valence-electron chi connectivity index (χ2n) is 5.41. The van der Waals surface area contributed by atoms with Crippen LogP contribution in [0, 0.1) is 10.1 Å². The van der Waals surface area contributed by atoms with Gasteiger partial charge in [0.2, 0.25) is 5.91 Å². The van der Waals surface area contributed by atoms with Gasteiger partial charge in [0.25, 0.3) is 5.91 Å². The Kier molecular flexibility index (Phi) is 4.28. The maximum absolute atomic E-state index is 12.2. The van der Waals surface area contributed by atoms with Gasteiger partial charge in [0.05, 0.1) is 12.6 Å². The topological polar surface area (TPSA) is 106 Å². The van der Waals surface area contributed by atoms with E-state index < -0.39 is 16.7 Å². The molecule has 1 aliphatic rings. The van der Waals surface area contributed by atoms with Crippen LogP contribution in [0.25, 0.3) is 0 Å². The van der Waals surface area contributed by atoms with Crippen LogP contribution in [0.5, 0.6) is 0 Å². The summed E-state index contributed by atoms with van der Waals surface area (Å²) in [6.45, 7) is 0.921. The van der Waals surface area contributed by atoms with Crippen molar-refractivity contribution in [2.45, 2.75) is 13.0 Å². The third kappa shape index (κ3) is 3.27. The smallest absolute Gasteiger partial charge is 0.395 e. The number of furan rings is 1. The summed E-state index contributed by atoms with van der Waals surface area (Å²) < 4.78 is 4.80. The van der Waals surface area contributed by atoms with Crippen molar-refractivity contribution in [3.05, 3.63) is 63.4 Å². The summed E-state index contributed by atoms with van der Waals surface area (Å²) >= 11 is 0. The quantitative estimate of drug-likeness (QED) is 0.676. The molecule has 3 rings (SSSR count). The standard InChI is InChI=1S/C16H15N3O5/c20-14(18-8-7-11-3-1-2-4-12(11)10-18)9-17-16(21)13-5-6-15(24-13)19(22)23/h1-6H,7-10H2,(H,17,21). The van der Waals surface area contributed by atoms with Crippen LogP contribution in [0.4, 0.5) is 5.88 Å². The van der Waals surface area contributed by atoms with Crippen LogP contribution in [0.1, 0.15) is 21.7 Å². The van der Waals surface area contributed by atoms with Crippen LogP contribution in [0.2, 0.25) is 0 Å². The predicted molar refractivity (Wildman–Crippen MR) is 83.3 cm³/mol. The highest BCUT2D eigenvalue weighted by atomic mass is 16.6. The largest absolute Gasteiger partial charge is 0.433 e. The van der Waals surface area contributed by atoms with E-state index in [9.17, 15) is 19.7 Å². The number of rotatable bonds is 4. The van der Waals surface area contributed by atoms with E-state index in [1.54, 1.807) is 4.90 Å². The zero-order valence-electron chi connectivity index (χ0n) is 12.7. The average molecular weight is 329 g/mol. The van der Waals surface area contributed by atoms with Crippen LogP contribution in [0.3, 0.4) is 0 Å². The minimum absolute atomic E-state index is 0.185. The third-order valence-corrected chi connectivity index (χ3v) is 3.88. The van der Waals surface area contributed by atoms with Gasteiger partial charge >= 0.3 is 5.88 Å². The third-order valence-electron chi connectivity index (χ3n) is 3.88. The number of hydrogen-bond donors (Lipinski definition) is 1. The highest BCUT2D eigenvalue weighted by molar-refractivity contribution is 5.94. The van der Waals surface area contributed by atoms with E-state index in [4.69, 9.17) is 4.42 Å². The summed E-state index contributed by atoms with van der Waals surface area (Å²) in [7, 11) is 0. The second kappa shape index (κ2) is 6.53. The highest BCUT2D eigenvalue weighted by Gasteiger charge is 2.22. The molecule has 1 aromatic heterocycles. The summed E-state index contributed by atoms with van der Waals surface area (Å²) in [5.41, 5.74) is 2.33. The molecule has 0 radical (unpaired) electrons. The number of hydrogen-bond acceptors (Lipinski definition) is 5. The van der Waals surface area contributed by atoms with E-state index in [0.717, 1.165) is 18.1 Å². The van der Waals surface area contributed by atoms with Gasteiger partial charge in [0.15, 0.2) is 5.76 Å². The van der Waals surface area contributed by atoms with Crippen LogP contribution in [-0.4, -0.2) is 34.7 Å². The Labute approximate surface area is 137 Å². The van der Waals surface area contributed by atoms with Gasteiger partial charge in [-0.2, -0.15) is 0 Å². The molecular formula is C16H15N3O5. The van der Waals surface area contributed by atoms with E-state index in [0.29, 0.717) is 13.1 Å². The predicted octanol–water partition coefficient (Wildman–Crippen LogP) is 1.50. The van der Waals surface area contributed by atoms with Gasteiger partial charge in [-0.05, 0) is 23.6 Å². The molecule has 0 spiro atoms. The molecular weight excluding hydrogens is 314 g/mol. The molecule has 8 heteroatoms. The van der Waals surface area contributed by atoms with Crippen LogP contribution >= 0.6 is 0 Å². The zero-order valence-corrected chi connectivity index (χ0v) is 12.7. The Hall–Kier alpha value is -3.16. The van der Waals surface area contributed by atoms with Gasteiger partial charge < -0.3 is 14.6 Å². The lowest BCUT2D eigenvalue weighted by atomic mass is 10.00. The molecule has 124 valence electrons. The number of carbonyl (C=O) groups excluding carboxylic acids is 2. The van der Waals surface area contributed by atoms with Crippen molar-refractivity contribution >= 4 is 17.7 Å². The van der Waals surface area contributed by atoms with E-state index >= 15 is 0 Å². The molecule has 2 aromatic rings. The first kappa shape index (κ1) is 15.7. The number of amides is 2. The first-order valence-electron chi connectivity index (χ1n) is 7.41. The molecule has 24 heavy (non-hydrogen) atoms.